The summed E-state index contributed by atoms with van der Waals surface area (Å²) < 4.78 is 5.38. The molecular formula is C18H17NO8S2. The number of thioether (sulfide) groups is 1. The minimum atomic E-state index is -1.40. The van der Waals surface area contributed by atoms with E-state index in [1.807, 2.05) is 0 Å². The lowest BCUT2D eigenvalue weighted by atomic mass is 10.1. The number of hydrogen-bond acceptors (Lipinski definition) is 7. The van der Waals surface area contributed by atoms with Gasteiger partial charge in [-0.1, -0.05) is 42.2 Å². The largest absolute Gasteiger partial charge is 0.481 e. The van der Waals surface area contributed by atoms with Crippen LogP contribution < -0.4 is 4.74 Å². The summed E-state index contributed by atoms with van der Waals surface area (Å²) in [5.74, 6) is -4.14. The minimum Gasteiger partial charge on any atom is -0.481 e. The Morgan fingerprint density at radius 1 is 1.21 bits per heavy atom. The third-order valence-corrected chi connectivity index (χ3v) is 5.24. The van der Waals surface area contributed by atoms with Gasteiger partial charge < -0.3 is 20.1 Å². The highest BCUT2D eigenvalue weighted by molar-refractivity contribution is 8.26. The van der Waals surface area contributed by atoms with Crippen LogP contribution in [0.3, 0.4) is 0 Å². The van der Waals surface area contributed by atoms with Crippen LogP contribution in [0.25, 0.3) is 6.08 Å². The highest BCUT2D eigenvalue weighted by atomic mass is 32.2. The standard InChI is InChI=1S/C18H17NO8S2/c1-9(16(23)24)27-12-5-3-2-4-10(12)8-13-15(22)19(18(28)29-13)11(17(25)26)6-7-14(20)21/h2-5,8-9,11H,6-7H2,1H3,(H,20,21)(H,23,24)(H,25,26)/b13-8-. The van der Waals surface area contributed by atoms with Crippen LogP contribution in [-0.4, -0.2) is 60.5 Å². The van der Waals surface area contributed by atoms with E-state index < -0.39 is 42.4 Å². The number of rotatable bonds is 9. The number of thiocarbonyl (C=S) groups is 1. The molecule has 1 heterocycles. The molecule has 9 nitrogen and oxygen atoms in total. The second-order valence-electron chi connectivity index (χ2n) is 5.97. The molecule has 1 aliphatic rings. The van der Waals surface area contributed by atoms with Crippen LogP contribution in [0.15, 0.2) is 29.2 Å². The number of carbonyl (C=O) groups excluding carboxylic acids is 1. The number of carboxylic acid groups (broad SMARTS) is 3. The molecule has 1 aliphatic heterocycles. The number of carboxylic acids is 3. The van der Waals surface area contributed by atoms with Crippen molar-refractivity contribution >= 4 is 58.2 Å². The van der Waals surface area contributed by atoms with E-state index in [1.165, 1.54) is 13.0 Å². The van der Waals surface area contributed by atoms with Crippen LogP contribution in [0, 0.1) is 0 Å². The van der Waals surface area contributed by atoms with Gasteiger partial charge in [-0.05, 0) is 25.5 Å². The number of carbonyl (C=O) groups is 4. The van der Waals surface area contributed by atoms with E-state index in [9.17, 15) is 24.3 Å². The van der Waals surface area contributed by atoms with Crippen molar-refractivity contribution < 1.29 is 39.2 Å². The lowest BCUT2D eigenvalue weighted by Gasteiger charge is -2.22. The normalized spacial score (nSPS) is 17.3. The van der Waals surface area contributed by atoms with Crippen LogP contribution in [0.2, 0.25) is 0 Å². The average molecular weight is 439 g/mol. The van der Waals surface area contributed by atoms with E-state index in [0.717, 1.165) is 16.7 Å². The minimum absolute atomic E-state index is 0.00339. The summed E-state index contributed by atoms with van der Waals surface area (Å²) in [7, 11) is 0. The Morgan fingerprint density at radius 2 is 1.86 bits per heavy atom. The van der Waals surface area contributed by atoms with E-state index in [1.54, 1.807) is 24.3 Å². The topological polar surface area (TPSA) is 141 Å². The predicted octanol–water partition coefficient (Wildman–Crippen LogP) is 2.06. The van der Waals surface area contributed by atoms with Crippen LogP contribution in [0.1, 0.15) is 25.3 Å². The van der Waals surface area contributed by atoms with Crippen LogP contribution in [0.4, 0.5) is 0 Å². The van der Waals surface area contributed by atoms with Crippen molar-refractivity contribution in [2.75, 3.05) is 0 Å². The third-order valence-electron chi connectivity index (χ3n) is 3.91. The fourth-order valence-electron chi connectivity index (χ4n) is 2.46. The molecule has 3 N–H and O–H groups in total. The molecule has 2 unspecified atom stereocenters. The third kappa shape index (κ3) is 5.55. The summed E-state index contributed by atoms with van der Waals surface area (Å²) in [5.41, 5.74) is 0.415. The molecule has 1 aromatic carbocycles. The number of amides is 1. The van der Waals surface area contributed by atoms with Gasteiger partial charge in [0.05, 0.1) is 4.91 Å². The fourth-order valence-corrected chi connectivity index (χ4v) is 3.81. The molecule has 29 heavy (non-hydrogen) atoms. The Labute approximate surface area is 174 Å². The highest BCUT2D eigenvalue weighted by Crippen LogP contribution is 2.36. The summed E-state index contributed by atoms with van der Waals surface area (Å²) in [5, 5.41) is 27.2. The first-order chi connectivity index (χ1) is 13.6. The molecule has 0 spiro atoms. The second kappa shape index (κ2) is 9.52. The maximum atomic E-state index is 12.8. The van der Waals surface area contributed by atoms with E-state index in [2.05, 4.69) is 0 Å². The first-order valence-corrected chi connectivity index (χ1v) is 9.54. The molecule has 0 aliphatic carbocycles. The van der Waals surface area contributed by atoms with Gasteiger partial charge in [-0.2, -0.15) is 0 Å². The van der Waals surface area contributed by atoms with E-state index >= 15 is 0 Å². The Morgan fingerprint density at radius 3 is 2.45 bits per heavy atom. The van der Waals surface area contributed by atoms with E-state index in [4.69, 9.17) is 27.2 Å². The number of aliphatic carboxylic acids is 3. The van der Waals surface area contributed by atoms with Crippen molar-refractivity contribution in [2.45, 2.75) is 31.9 Å². The molecule has 0 saturated carbocycles. The number of para-hydroxylation sites is 1. The van der Waals surface area contributed by atoms with Crippen molar-refractivity contribution in [2.24, 2.45) is 0 Å². The Hall–Kier alpha value is -2.92. The fraction of sp³-hybridized carbons (Fsp3) is 0.278. The van der Waals surface area contributed by atoms with Gasteiger partial charge in [-0.15, -0.1) is 0 Å². The second-order valence-corrected chi connectivity index (χ2v) is 7.65. The molecule has 0 bridgehead atoms. The summed E-state index contributed by atoms with van der Waals surface area (Å²) >= 11 is 6.01. The number of nitrogens with zero attached hydrogens (tertiary/aromatic N) is 1. The summed E-state index contributed by atoms with van der Waals surface area (Å²) in [6.45, 7) is 1.36. The number of ether oxygens (including phenoxy) is 1. The van der Waals surface area contributed by atoms with E-state index in [-0.39, 0.29) is 21.4 Å². The molecule has 1 amide bonds. The molecule has 154 valence electrons. The lowest BCUT2D eigenvalue weighted by Crippen LogP contribution is -2.44. The molecule has 1 saturated heterocycles. The Balaban J connectivity index is 2.31. The molecule has 1 aromatic rings. The molecule has 0 radical (unpaired) electrons. The first-order valence-electron chi connectivity index (χ1n) is 8.32. The maximum absolute atomic E-state index is 12.8. The zero-order valence-electron chi connectivity index (χ0n) is 15.1. The predicted molar refractivity (Wildman–Crippen MR) is 107 cm³/mol. The van der Waals surface area contributed by atoms with Crippen molar-refractivity contribution in [1.29, 1.82) is 0 Å². The number of benzene rings is 1. The van der Waals surface area contributed by atoms with Crippen LogP contribution in [-0.2, 0) is 19.2 Å². The smallest absolute Gasteiger partial charge is 0.344 e. The van der Waals surface area contributed by atoms with Gasteiger partial charge in [0, 0.05) is 12.0 Å². The lowest BCUT2D eigenvalue weighted by molar-refractivity contribution is -0.146. The van der Waals surface area contributed by atoms with Gasteiger partial charge in [0.15, 0.2) is 6.10 Å². The summed E-state index contributed by atoms with van der Waals surface area (Å²) in [6, 6.07) is 5.05. The average Bonchev–Trinajstić information content (AvgIpc) is 2.90. The summed E-state index contributed by atoms with van der Waals surface area (Å²) in [6.07, 6.45) is -0.414. The monoisotopic (exact) mass is 439 g/mol. The highest BCUT2D eigenvalue weighted by Gasteiger charge is 2.40. The van der Waals surface area contributed by atoms with Crippen molar-refractivity contribution in [3.63, 3.8) is 0 Å². The van der Waals surface area contributed by atoms with Gasteiger partial charge in [0.2, 0.25) is 0 Å². The zero-order chi connectivity index (χ0) is 21.7. The molecule has 0 aromatic heterocycles. The van der Waals surface area contributed by atoms with Crippen molar-refractivity contribution in [1.82, 2.24) is 4.90 Å². The molecular weight excluding hydrogens is 422 g/mol. The van der Waals surface area contributed by atoms with Gasteiger partial charge >= 0.3 is 17.9 Å². The number of hydrogen-bond donors (Lipinski definition) is 3. The van der Waals surface area contributed by atoms with Crippen molar-refractivity contribution in [3.05, 3.63) is 34.7 Å². The summed E-state index contributed by atoms with van der Waals surface area (Å²) in [4.78, 5) is 47.1. The van der Waals surface area contributed by atoms with Crippen molar-refractivity contribution in [3.8, 4) is 5.75 Å². The maximum Gasteiger partial charge on any atom is 0.344 e. The van der Waals surface area contributed by atoms with Crippen LogP contribution >= 0.6 is 24.0 Å². The van der Waals surface area contributed by atoms with Gasteiger partial charge in [0.1, 0.15) is 16.1 Å². The van der Waals surface area contributed by atoms with Crippen LogP contribution in [0.5, 0.6) is 5.75 Å². The van der Waals surface area contributed by atoms with Gasteiger partial charge in [0.25, 0.3) is 5.91 Å². The van der Waals surface area contributed by atoms with E-state index in [0.29, 0.717) is 5.56 Å². The van der Waals surface area contributed by atoms with Gasteiger partial charge in [-0.3, -0.25) is 14.5 Å². The molecule has 1 fully saturated rings. The molecule has 11 heteroatoms. The SMILES string of the molecule is CC(Oc1ccccc1/C=C1\SC(=S)N(C(CCC(=O)O)C(=O)O)C1=O)C(=O)O. The Bertz CT molecular complexity index is 898. The van der Waals surface area contributed by atoms with Gasteiger partial charge in [-0.25, -0.2) is 9.59 Å². The molecule has 2 rings (SSSR count). The zero-order valence-corrected chi connectivity index (χ0v) is 16.7. The quantitative estimate of drug-likeness (QED) is 0.387. The Kier molecular flexibility index (Phi) is 7.35. The molecule has 2 atom stereocenters. The first kappa shape index (κ1) is 22.4.